The van der Waals surface area contributed by atoms with Gasteiger partial charge in [-0.1, -0.05) is 12.1 Å². The van der Waals surface area contributed by atoms with E-state index in [1.807, 2.05) is 0 Å². The zero-order valence-electron chi connectivity index (χ0n) is 17.7. The first-order valence-electron chi connectivity index (χ1n) is 9.96. The van der Waals surface area contributed by atoms with Gasteiger partial charge >= 0.3 is 12.1 Å². The predicted octanol–water partition coefficient (Wildman–Crippen LogP) is 2.60. The fourth-order valence-electron chi connectivity index (χ4n) is 3.31. The number of non-ortho nitro benzene ring substituents is 1. The van der Waals surface area contributed by atoms with E-state index in [9.17, 15) is 24.5 Å². The largest absolute Gasteiger partial charge is 0.497 e. The van der Waals surface area contributed by atoms with Crippen LogP contribution in [0.25, 0.3) is 0 Å². The molecule has 0 spiro atoms. The Labute approximate surface area is 188 Å². The minimum absolute atomic E-state index is 0.00971. The molecule has 11 heteroatoms. The Morgan fingerprint density at radius 1 is 1.06 bits per heavy atom. The van der Waals surface area contributed by atoms with Crippen molar-refractivity contribution in [1.82, 2.24) is 4.90 Å². The minimum Gasteiger partial charge on any atom is -0.497 e. The van der Waals surface area contributed by atoms with E-state index in [0.717, 1.165) is 10.5 Å². The third-order valence-electron chi connectivity index (χ3n) is 5.07. The number of benzene rings is 2. The van der Waals surface area contributed by atoms with E-state index in [0.29, 0.717) is 11.3 Å². The number of carbonyl (C=O) groups excluding carboxylic acids is 3. The van der Waals surface area contributed by atoms with Crippen LogP contribution in [0, 0.1) is 10.1 Å². The van der Waals surface area contributed by atoms with Crippen molar-refractivity contribution in [2.45, 2.75) is 31.8 Å². The van der Waals surface area contributed by atoms with Crippen LogP contribution in [0.2, 0.25) is 0 Å². The molecule has 174 valence electrons. The van der Waals surface area contributed by atoms with E-state index in [1.165, 1.54) is 24.3 Å². The van der Waals surface area contributed by atoms with Crippen LogP contribution in [-0.2, 0) is 37.0 Å². The molecule has 1 fully saturated rings. The van der Waals surface area contributed by atoms with E-state index in [1.54, 1.807) is 31.4 Å². The Balaban J connectivity index is 1.60. The quantitative estimate of drug-likeness (QED) is 0.183. The van der Waals surface area contributed by atoms with Crippen LogP contribution in [0.1, 0.15) is 17.5 Å². The molecule has 0 aromatic heterocycles. The van der Waals surface area contributed by atoms with Crippen LogP contribution in [-0.4, -0.2) is 54.2 Å². The molecule has 11 nitrogen and oxygen atoms in total. The molecule has 1 heterocycles. The molecule has 2 aromatic carbocycles. The lowest BCUT2D eigenvalue weighted by molar-refractivity contribution is -0.384. The van der Waals surface area contributed by atoms with E-state index >= 15 is 0 Å². The lowest BCUT2D eigenvalue weighted by Gasteiger charge is -2.22. The SMILES string of the molecule is COc1ccc(COC(=O)[C@H]2C[C@H](OC=O)CN2C(=O)OCc2ccc([N+](=O)[O-])cc2)cc1. The molecule has 2 atom stereocenters. The molecule has 33 heavy (non-hydrogen) atoms. The average molecular weight is 458 g/mol. The predicted molar refractivity (Wildman–Crippen MR) is 112 cm³/mol. The summed E-state index contributed by atoms with van der Waals surface area (Å²) >= 11 is 0. The van der Waals surface area contributed by atoms with Crippen molar-refractivity contribution in [3.05, 3.63) is 69.8 Å². The van der Waals surface area contributed by atoms with Gasteiger partial charge in [0, 0.05) is 18.6 Å². The number of esters is 1. The summed E-state index contributed by atoms with van der Waals surface area (Å²) in [4.78, 5) is 47.4. The van der Waals surface area contributed by atoms with Gasteiger partial charge in [0.15, 0.2) is 0 Å². The lowest BCUT2D eigenvalue weighted by atomic mass is 10.2. The highest BCUT2D eigenvalue weighted by Crippen LogP contribution is 2.23. The second kappa shape index (κ2) is 10.9. The van der Waals surface area contributed by atoms with Crippen molar-refractivity contribution >= 4 is 24.2 Å². The molecule has 0 bridgehead atoms. The fraction of sp³-hybridized carbons (Fsp3) is 0.318. The van der Waals surface area contributed by atoms with Gasteiger partial charge in [-0.25, -0.2) is 9.59 Å². The molecule has 2 aromatic rings. The molecule has 0 N–H and O–H groups in total. The molecule has 0 radical (unpaired) electrons. The highest BCUT2D eigenvalue weighted by Gasteiger charge is 2.42. The monoisotopic (exact) mass is 458 g/mol. The van der Waals surface area contributed by atoms with Crippen molar-refractivity contribution in [3.8, 4) is 5.75 Å². The van der Waals surface area contributed by atoms with Crippen LogP contribution >= 0.6 is 0 Å². The number of ether oxygens (including phenoxy) is 4. The molecule has 0 aliphatic carbocycles. The Hall–Kier alpha value is -4.15. The Morgan fingerprint density at radius 3 is 2.24 bits per heavy atom. The molecular formula is C22H22N2O9. The van der Waals surface area contributed by atoms with Crippen molar-refractivity contribution in [2.24, 2.45) is 0 Å². The number of methoxy groups -OCH3 is 1. The van der Waals surface area contributed by atoms with Crippen molar-refractivity contribution in [3.63, 3.8) is 0 Å². The Kier molecular flexibility index (Phi) is 7.79. The molecular weight excluding hydrogens is 436 g/mol. The van der Waals surface area contributed by atoms with Crippen LogP contribution in [0.3, 0.4) is 0 Å². The van der Waals surface area contributed by atoms with Gasteiger partial charge in [-0.2, -0.15) is 0 Å². The molecule has 0 unspecified atom stereocenters. The summed E-state index contributed by atoms with van der Waals surface area (Å²) in [5.74, 6) is 0.00627. The topological polar surface area (TPSA) is 135 Å². The minimum atomic E-state index is -0.988. The highest BCUT2D eigenvalue weighted by atomic mass is 16.6. The Bertz CT molecular complexity index is 992. The number of nitro benzene ring substituents is 1. The van der Waals surface area contributed by atoms with Crippen LogP contribution in [0.15, 0.2) is 48.5 Å². The number of nitro groups is 1. The summed E-state index contributed by atoms with van der Waals surface area (Å²) < 4.78 is 20.6. The fourth-order valence-corrected chi connectivity index (χ4v) is 3.31. The van der Waals surface area contributed by atoms with Gasteiger partial charge in [0.1, 0.15) is 31.1 Å². The number of hydrogen-bond acceptors (Lipinski definition) is 9. The first kappa shape index (κ1) is 23.5. The maximum absolute atomic E-state index is 12.7. The van der Waals surface area contributed by atoms with Crippen molar-refractivity contribution in [2.75, 3.05) is 13.7 Å². The molecule has 1 aliphatic heterocycles. The van der Waals surface area contributed by atoms with E-state index in [-0.39, 0.29) is 38.3 Å². The summed E-state index contributed by atoms with van der Waals surface area (Å²) in [6.07, 6.45) is -1.39. The number of rotatable bonds is 9. The van der Waals surface area contributed by atoms with Crippen LogP contribution < -0.4 is 4.74 Å². The van der Waals surface area contributed by atoms with Gasteiger partial charge in [0.25, 0.3) is 12.2 Å². The zero-order valence-corrected chi connectivity index (χ0v) is 17.7. The van der Waals surface area contributed by atoms with E-state index in [4.69, 9.17) is 18.9 Å². The third kappa shape index (κ3) is 6.19. The van der Waals surface area contributed by atoms with Gasteiger partial charge in [0.05, 0.1) is 18.6 Å². The number of hydrogen-bond donors (Lipinski definition) is 0. The summed E-state index contributed by atoms with van der Waals surface area (Å²) in [7, 11) is 1.54. The Morgan fingerprint density at radius 2 is 1.67 bits per heavy atom. The molecule has 0 saturated carbocycles. The molecule has 1 aliphatic rings. The summed E-state index contributed by atoms with van der Waals surface area (Å²) in [5, 5.41) is 10.7. The number of nitrogens with zero attached hydrogens (tertiary/aromatic N) is 2. The van der Waals surface area contributed by atoms with E-state index in [2.05, 4.69) is 0 Å². The first-order chi connectivity index (χ1) is 15.9. The standard InChI is InChI=1S/C22H22N2O9/c1-30-18-8-4-16(5-9-18)12-31-21(26)20-10-19(33-14-25)11-23(20)22(27)32-13-15-2-6-17(7-3-15)24(28)29/h2-9,14,19-20H,10-13H2,1H3/t19-,20+/m0/s1. The third-order valence-corrected chi connectivity index (χ3v) is 5.07. The molecule has 1 saturated heterocycles. The molecule has 1 amide bonds. The zero-order chi connectivity index (χ0) is 23.8. The highest BCUT2D eigenvalue weighted by molar-refractivity contribution is 5.82. The van der Waals surface area contributed by atoms with Gasteiger partial charge < -0.3 is 18.9 Å². The molecule has 3 rings (SSSR count). The van der Waals surface area contributed by atoms with Gasteiger partial charge in [-0.15, -0.1) is 0 Å². The average Bonchev–Trinajstić information content (AvgIpc) is 3.26. The second-order valence-electron chi connectivity index (χ2n) is 7.19. The number of likely N-dealkylation sites (tertiary alicyclic amines) is 1. The smallest absolute Gasteiger partial charge is 0.410 e. The maximum Gasteiger partial charge on any atom is 0.410 e. The summed E-state index contributed by atoms with van der Waals surface area (Å²) in [6.45, 7) is 0.0701. The number of carbonyl (C=O) groups is 3. The van der Waals surface area contributed by atoms with Gasteiger partial charge in [-0.05, 0) is 35.4 Å². The van der Waals surface area contributed by atoms with Crippen molar-refractivity contribution < 1.29 is 38.3 Å². The lowest BCUT2D eigenvalue weighted by Crippen LogP contribution is -2.41. The van der Waals surface area contributed by atoms with Gasteiger partial charge in [-0.3, -0.25) is 19.8 Å². The van der Waals surface area contributed by atoms with Gasteiger partial charge in [0.2, 0.25) is 0 Å². The summed E-state index contributed by atoms with van der Waals surface area (Å²) in [5.41, 5.74) is 1.18. The summed E-state index contributed by atoms with van der Waals surface area (Å²) in [6, 6.07) is 11.5. The van der Waals surface area contributed by atoms with Crippen LogP contribution in [0.5, 0.6) is 5.75 Å². The van der Waals surface area contributed by atoms with Crippen LogP contribution in [0.4, 0.5) is 10.5 Å². The first-order valence-corrected chi connectivity index (χ1v) is 9.96. The normalized spacial score (nSPS) is 17.2. The number of amides is 1. The maximum atomic E-state index is 12.7. The van der Waals surface area contributed by atoms with E-state index < -0.39 is 29.1 Å². The second-order valence-corrected chi connectivity index (χ2v) is 7.19. The van der Waals surface area contributed by atoms with Crippen molar-refractivity contribution in [1.29, 1.82) is 0 Å².